The van der Waals surface area contributed by atoms with Gasteiger partial charge in [0.1, 0.15) is 5.41 Å². The van der Waals surface area contributed by atoms with Crippen LogP contribution in [0.1, 0.15) is 19.3 Å². The lowest BCUT2D eigenvalue weighted by atomic mass is 9.66. The first-order valence-corrected chi connectivity index (χ1v) is 7.20. The van der Waals surface area contributed by atoms with E-state index >= 15 is 0 Å². The standard InChI is InChI=1S/C15H20N4O2/c1-18-9-10-19(12-6-3-2-5-11(12)18)14(20)15(7-4-8-15)13(16)17-21/h2-3,5-6,21H,4,7-10H2,1H3,(H2,16,17). The van der Waals surface area contributed by atoms with E-state index in [1.165, 1.54) is 0 Å². The van der Waals surface area contributed by atoms with Crippen molar-refractivity contribution in [1.29, 1.82) is 0 Å². The van der Waals surface area contributed by atoms with Crippen LogP contribution in [0.2, 0.25) is 0 Å². The summed E-state index contributed by atoms with van der Waals surface area (Å²) in [5.74, 6) is -0.0141. The number of nitrogens with two attached hydrogens (primary N) is 1. The summed E-state index contributed by atoms with van der Waals surface area (Å²) < 4.78 is 0. The van der Waals surface area contributed by atoms with Gasteiger partial charge in [0, 0.05) is 20.1 Å². The molecule has 0 atom stereocenters. The number of carbonyl (C=O) groups excluding carboxylic acids is 1. The number of anilines is 2. The van der Waals surface area contributed by atoms with E-state index in [4.69, 9.17) is 10.9 Å². The maximum Gasteiger partial charge on any atom is 0.241 e. The average Bonchev–Trinajstić information content (AvgIpc) is 2.46. The number of amides is 1. The first-order valence-electron chi connectivity index (χ1n) is 7.20. The van der Waals surface area contributed by atoms with Crippen LogP contribution >= 0.6 is 0 Å². The van der Waals surface area contributed by atoms with Crippen LogP contribution in [-0.4, -0.2) is 37.1 Å². The predicted octanol–water partition coefficient (Wildman–Crippen LogP) is 1.39. The van der Waals surface area contributed by atoms with E-state index < -0.39 is 5.41 Å². The number of benzene rings is 1. The summed E-state index contributed by atoms with van der Waals surface area (Å²) in [6, 6.07) is 7.84. The lowest BCUT2D eigenvalue weighted by Gasteiger charge is -2.45. The molecule has 0 aromatic heterocycles. The van der Waals surface area contributed by atoms with Crippen molar-refractivity contribution in [2.24, 2.45) is 16.3 Å². The molecule has 112 valence electrons. The monoisotopic (exact) mass is 288 g/mol. The van der Waals surface area contributed by atoms with Crippen LogP contribution in [0, 0.1) is 5.41 Å². The highest BCUT2D eigenvalue weighted by atomic mass is 16.4. The van der Waals surface area contributed by atoms with Crippen molar-refractivity contribution in [3.8, 4) is 0 Å². The molecule has 0 unspecified atom stereocenters. The summed E-state index contributed by atoms with van der Waals surface area (Å²) in [4.78, 5) is 16.9. The predicted molar refractivity (Wildman–Crippen MR) is 81.8 cm³/mol. The molecule has 1 fully saturated rings. The van der Waals surface area contributed by atoms with Gasteiger partial charge in [-0.05, 0) is 25.0 Å². The number of hydrogen-bond acceptors (Lipinski definition) is 4. The number of fused-ring (bicyclic) bond motifs is 1. The van der Waals surface area contributed by atoms with Crippen molar-refractivity contribution >= 4 is 23.1 Å². The van der Waals surface area contributed by atoms with Gasteiger partial charge in [0.05, 0.1) is 11.4 Å². The zero-order valence-electron chi connectivity index (χ0n) is 12.1. The van der Waals surface area contributed by atoms with Crippen LogP contribution in [-0.2, 0) is 4.79 Å². The molecule has 1 aromatic carbocycles. The van der Waals surface area contributed by atoms with Crippen LogP contribution in [0.15, 0.2) is 29.4 Å². The Morgan fingerprint density at radius 2 is 1.95 bits per heavy atom. The molecule has 1 saturated carbocycles. The van der Waals surface area contributed by atoms with E-state index in [1.54, 1.807) is 4.90 Å². The molecule has 21 heavy (non-hydrogen) atoms. The van der Waals surface area contributed by atoms with Crippen LogP contribution in [0.4, 0.5) is 11.4 Å². The summed E-state index contributed by atoms with van der Waals surface area (Å²) in [7, 11) is 2.02. The summed E-state index contributed by atoms with van der Waals surface area (Å²) >= 11 is 0. The minimum atomic E-state index is -0.822. The molecule has 1 aromatic rings. The first kappa shape index (κ1) is 13.7. The number of amidine groups is 1. The highest BCUT2D eigenvalue weighted by molar-refractivity contribution is 6.14. The normalized spacial score (nSPS) is 20.7. The third-order valence-electron chi connectivity index (χ3n) is 4.70. The smallest absolute Gasteiger partial charge is 0.241 e. The second-order valence-corrected chi connectivity index (χ2v) is 5.79. The first-order chi connectivity index (χ1) is 10.1. The molecule has 0 bridgehead atoms. The molecule has 1 amide bonds. The molecule has 1 aliphatic heterocycles. The summed E-state index contributed by atoms with van der Waals surface area (Å²) in [6.45, 7) is 1.39. The fourth-order valence-electron chi connectivity index (χ4n) is 3.18. The van der Waals surface area contributed by atoms with Gasteiger partial charge in [0.15, 0.2) is 5.84 Å². The molecule has 2 aliphatic rings. The van der Waals surface area contributed by atoms with Gasteiger partial charge in [0.25, 0.3) is 0 Å². The van der Waals surface area contributed by atoms with Gasteiger partial charge in [0.2, 0.25) is 5.91 Å². The molecule has 3 N–H and O–H groups in total. The molecule has 0 radical (unpaired) electrons. The van der Waals surface area contributed by atoms with E-state index in [0.29, 0.717) is 19.4 Å². The third-order valence-corrected chi connectivity index (χ3v) is 4.70. The van der Waals surface area contributed by atoms with Crippen LogP contribution in [0.5, 0.6) is 0 Å². The fraction of sp³-hybridized carbons (Fsp3) is 0.467. The van der Waals surface area contributed by atoms with Gasteiger partial charge in [-0.1, -0.05) is 23.7 Å². The SMILES string of the molecule is CN1CCN(C(=O)C2(/C(N)=N/O)CCC2)c2ccccc21. The van der Waals surface area contributed by atoms with Crippen LogP contribution < -0.4 is 15.5 Å². The summed E-state index contributed by atoms with van der Waals surface area (Å²) in [5.41, 5.74) is 6.92. The van der Waals surface area contributed by atoms with Gasteiger partial charge in [-0.15, -0.1) is 0 Å². The zero-order chi connectivity index (χ0) is 15.0. The molecule has 0 spiro atoms. The highest BCUT2D eigenvalue weighted by Crippen LogP contribution is 2.45. The van der Waals surface area contributed by atoms with Crippen LogP contribution in [0.3, 0.4) is 0 Å². The molecule has 0 saturated heterocycles. The van der Waals surface area contributed by atoms with Gasteiger partial charge in [-0.2, -0.15) is 0 Å². The van der Waals surface area contributed by atoms with Crippen molar-refractivity contribution in [1.82, 2.24) is 0 Å². The number of oxime groups is 1. The molecule has 6 heteroatoms. The second kappa shape index (κ2) is 4.95. The Bertz CT molecular complexity index is 595. The van der Waals surface area contributed by atoms with Gasteiger partial charge >= 0.3 is 0 Å². The summed E-state index contributed by atoms with van der Waals surface area (Å²) in [6.07, 6.45) is 2.23. The van der Waals surface area contributed by atoms with E-state index in [9.17, 15) is 4.79 Å². The molecular formula is C15H20N4O2. The average molecular weight is 288 g/mol. The Morgan fingerprint density at radius 3 is 2.52 bits per heavy atom. The Labute approximate surface area is 123 Å². The zero-order valence-corrected chi connectivity index (χ0v) is 12.1. The number of para-hydroxylation sites is 2. The molecule has 1 aliphatic carbocycles. The van der Waals surface area contributed by atoms with E-state index in [-0.39, 0.29) is 11.7 Å². The van der Waals surface area contributed by atoms with Crippen molar-refractivity contribution in [2.75, 3.05) is 29.9 Å². The number of rotatable bonds is 2. The Morgan fingerprint density at radius 1 is 1.29 bits per heavy atom. The molecule has 3 rings (SSSR count). The number of nitrogens with zero attached hydrogens (tertiary/aromatic N) is 3. The maximum atomic E-state index is 13.0. The van der Waals surface area contributed by atoms with E-state index in [1.807, 2.05) is 31.3 Å². The molecule has 6 nitrogen and oxygen atoms in total. The van der Waals surface area contributed by atoms with E-state index in [0.717, 1.165) is 24.3 Å². The second-order valence-electron chi connectivity index (χ2n) is 5.79. The largest absolute Gasteiger partial charge is 0.409 e. The van der Waals surface area contributed by atoms with Crippen molar-refractivity contribution in [2.45, 2.75) is 19.3 Å². The number of carbonyl (C=O) groups is 1. The Balaban J connectivity index is 1.98. The lowest BCUT2D eigenvalue weighted by Crippen LogP contribution is -2.57. The van der Waals surface area contributed by atoms with Crippen molar-refractivity contribution in [3.05, 3.63) is 24.3 Å². The Hall–Kier alpha value is -2.24. The summed E-state index contributed by atoms with van der Waals surface area (Å²) in [5, 5.41) is 12.1. The minimum Gasteiger partial charge on any atom is -0.409 e. The van der Waals surface area contributed by atoms with E-state index in [2.05, 4.69) is 10.1 Å². The number of likely N-dealkylation sites (N-methyl/N-ethyl adjacent to an activating group) is 1. The topological polar surface area (TPSA) is 82.2 Å². The van der Waals surface area contributed by atoms with Crippen molar-refractivity contribution < 1.29 is 10.0 Å². The van der Waals surface area contributed by atoms with Gasteiger partial charge in [-0.3, -0.25) is 4.79 Å². The van der Waals surface area contributed by atoms with Gasteiger partial charge < -0.3 is 20.7 Å². The molecule has 1 heterocycles. The number of hydrogen-bond donors (Lipinski definition) is 2. The highest BCUT2D eigenvalue weighted by Gasteiger charge is 2.51. The van der Waals surface area contributed by atoms with Gasteiger partial charge in [-0.25, -0.2) is 0 Å². The third kappa shape index (κ3) is 1.93. The van der Waals surface area contributed by atoms with Crippen LogP contribution in [0.25, 0.3) is 0 Å². The Kier molecular flexibility index (Phi) is 3.23. The van der Waals surface area contributed by atoms with Crippen molar-refractivity contribution in [3.63, 3.8) is 0 Å². The molecular weight excluding hydrogens is 268 g/mol. The minimum absolute atomic E-state index is 0.0372. The maximum absolute atomic E-state index is 13.0. The lowest BCUT2D eigenvalue weighted by molar-refractivity contribution is -0.128. The fourth-order valence-corrected chi connectivity index (χ4v) is 3.18. The quantitative estimate of drug-likeness (QED) is 0.373.